The summed E-state index contributed by atoms with van der Waals surface area (Å²) in [6.07, 6.45) is 4.15. The van der Waals surface area contributed by atoms with Crippen molar-refractivity contribution < 1.29 is 0 Å². The van der Waals surface area contributed by atoms with Crippen LogP contribution in [0.1, 0.15) is 43.2 Å². The molecule has 1 aromatic rings. The van der Waals surface area contributed by atoms with Gasteiger partial charge < -0.3 is 10.2 Å². The Kier molecular flexibility index (Phi) is 4.19. The first-order valence-electron chi connectivity index (χ1n) is 7.87. The van der Waals surface area contributed by atoms with Gasteiger partial charge in [0.25, 0.3) is 0 Å². The van der Waals surface area contributed by atoms with E-state index in [0.717, 1.165) is 18.4 Å². The van der Waals surface area contributed by atoms with Crippen molar-refractivity contribution >= 4 is 0 Å². The maximum atomic E-state index is 3.65. The molecule has 2 heteroatoms. The molecule has 2 aliphatic rings. The molecule has 2 nitrogen and oxygen atoms in total. The molecule has 0 radical (unpaired) electrons. The lowest BCUT2D eigenvalue weighted by atomic mass is 10.1. The normalized spacial score (nSPS) is 23.9. The van der Waals surface area contributed by atoms with E-state index in [-0.39, 0.29) is 0 Å². The molecule has 1 heterocycles. The molecule has 3 rings (SSSR count). The van der Waals surface area contributed by atoms with Crippen molar-refractivity contribution in [3.8, 4) is 0 Å². The Morgan fingerprint density at radius 3 is 2.89 bits per heavy atom. The van der Waals surface area contributed by atoms with Crippen LogP contribution in [0, 0.1) is 5.92 Å². The largest absolute Gasteiger partial charge is 0.312 e. The third-order valence-corrected chi connectivity index (χ3v) is 4.58. The van der Waals surface area contributed by atoms with Gasteiger partial charge in [-0.1, -0.05) is 31.2 Å². The number of likely N-dealkylation sites (tertiary alicyclic amines) is 1. The van der Waals surface area contributed by atoms with Crippen LogP contribution in [0.25, 0.3) is 0 Å². The Labute approximate surface area is 117 Å². The highest BCUT2D eigenvalue weighted by atomic mass is 15.1. The van der Waals surface area contributed by atoms with E-state index in [1.54, 1.807) is 5.56 Å². The lowest BCUT2D eigenvalue weighted by Crippen LogP contribution is -2.26. The summed E-state index contributed by atoms with van der Waals surface area (Å²) in [7, 11) is 0. The van der Waals surface area contributed by atoms with Gasteiger partial charge in [-0.15, -0.1) is 0 Å². The SMILES string of the molecule is CCN1CCC(CNCc2cccc(C3CC3)c2)C1. The van der Waals surface area contributed by atoms with E-state index in [0.29, 0.717) is 0 Å². The molecule has 1 aliphatic heterocycles. The molecule has 1 unspecified atom stereocenters. The second-order valence-electron chi connectivity index (χ2n) is 6.20. The molecule has 1 atom stereocenters. The Bertz CT molecular complexity index is 411. The first kappa shape index (κ1) is 13.1. The summed E-state index contributed by atoms with van der Waals surface area (Å²) in [5.41, 5.74) is 3.01. The van der Waals surface area contributed by atoms with Crippen LogP contribution in [-0.2, 0) is 6.54 Å². The van der Waals surface area contributed by atoms with Crippen molar-refractivity contribution in [3.05, 3.63) is 35.4 Å². The maximum Gasteiger partial charge on any atom is 0.0205 e. The van der Waals surface area contributed by atoms with Crippen molar-refractivity contribution in [3.63, 3.8) is 0 Å². The van der Waals surface area contributed by atoms with Crippen LogP contribution >= 0.6 is 0 Å². The lowest BCUT2D eigenvalue weighted by molar-refractivity contribution is 0.339. The number of hydrogen-bond donors (Lipinski definition) is 1. The molecule has 0 spiro atoms. The number of benzene rings is 1. The Hall–Kier alpha value is -0.860. The highest BCUT2D eigenvalue weighted by Gasteiger charge is 2.23. The summed E-state index contributed by atoms with van der Waals surface area (Å²) in [5, 5.41) is 3.65. The van der Waals surface area contributed by atoms with E-state index in [1.807, 2.05) is 0 Å². The minimum Gasteiger partial charge on any atom is -0.312 e. The molecule has 19 heavy (non-hydrogen) atoms. The lowest BCUT2D eigenvalue weighted by Gasteiger charge is -2.14. The maximum absolute atomic E-state index is 3.65. The zero-order valence-corrected chi connectivity index (χ0v) is 12.1. The van der Waals surface area contributed by atoms with Crippen molar-refractivity contribution in [1.29, 1.82) is 0 Å². The van der Waals surface area contributed by atoms with Crippen LogP contribution in [0.15, 0.2) is 24.3 Å². The third kappa shape index (κ3) is 3.58. The summed E-state index contributed by atoms with van der Waals surface area (Å²) >= 11 is 0. The summed E-state index contributed by atoms with van der Waals surface area (Å²) in [6, 6.07) is 9.17. The van der Waals surface area contributed by atoms with E-state index in [9.17, 15) is 0 Å². The van der Waals surface area contributed by atoms with Crippen molar-refractivity contribution in [2.45, 2.75) is 38.6 Å². The Balaban J connectivity index is 1.43. The molecule has 1 saturated heterocycles. The van der Waals surface area contributed by atoms with Gasteiger partial charge >= 0.3 is 0 Å². The highest BCUT2D eigenvalue weighted by Crippen LogP contribution is 2.40. The van der Waals surface area contributed by atoms with Gasteiger partial charge in [-0.05, 0) is 61.9 Å². The van der Waals surface area contributed by atoms with E-state index < -0.39 is 0 Å². The van der Waals surface area contributed by atoms with Gasteiger partial charge in [-0.3, -0.25) is 0 Å². The standard InChI is InChI=1S/C17H26N2/c1-2-19-9-8-15(13-19)12-18-11-14-4-3-5-17(10-14)16-6-7-16/h3-5,10,15-16,18H,2,6-9,11-13H2,1H3. The van der Waals surface area contributed by atoms with Gasteiger partial charge in [0.15, 0.2) is 0 Å². The first-order chi connectivity index (χ1) is 9.35. The van der Waals surface area contributed by atoms with Crippen molar-refractivity contribution in [2.24, 2.45) is 5.92 Å². The summed E-state index contributed by atoms with van der Waals surface area (Å²) in [5.74, 6) is 1.72. The first-order valence-corrected chi connectivity index (χ1v) is 7.87. The molecular formula is C17H26N2. The molecule has 0 bridgehead atoms. The van der Waals surface area contributed by atoms with Crippen LogP contribution in [-0.4, -0.2) is 31.1 Å². The highest BCUT2D eigenvalue weighted by molar-refractivity contribution is 5.29. The van der Waals surface area contributed by atoms with E-state index in [4.69, 9.17) is 0 Å². The molecule has 0 amide bonds. The topological polar surface area (TPSA) is 15.3 Å². The number of nitrogens with zero attached hydrogens (tertiary/aromatic N) is 1. The molecule has 1 aliphatic carbocycles. The zero-order chi connectivity index (χ0) is 13.1. The summed E-state index contributed by atoms with van der Waals surface area (Å²) in [6.45, 7) is 8.25. The van der Waals surface area contributed by atoms with Crippen LogP contribution in [0.2, 0.25) is 0 Å². The fraction of sp³-hybridized carbons (Fsp3) is 0.647. The monoisotopic (exact) mass is 258 g/mol. The predicted octanol–water partition coefficient (Wildman–Crippen LogP) is 3.00. The number of hydrogen-bond acceptors (Lipinski definition) is 2. The van der Waals surface area contributed by atoms with Crippen LogP contribution in [0.5, 0.6) is 0 Å². The summed E-state index contributed by atoms with van der Waals surface area (Å²) in [4.78, 5) is 2.56. The van der Waals surface area contributed by atoms with Gasteiger partial charge in [0, 0.05) is 13.1 Å². The molecule has 1 N–H and O–H groups in total. The molecule has 2 fully saturated rings. The van der Waals surface area contributed by atoms with Gasteiger partial charge in [0.2, 0.25) is 0 Å². The van der Waals surface area contributed by atoms with Gasteiger partial charge in [0.05, 0.1) is 0 Å². The van der Waals surface area contributed by atoms with Crippen LogP contribution in [0.4, 0.5) is 0 Å². The molecule has 1 saturated carbocycles. The van der Waals surface area contributed by atoms with Gasteiger partial charge in [-0.25, -0.2) is 0 Å². The van der Waals surface area contributed by atoms with E-state index in [1.165, 1.54) is 51.0 Å². The minimum absolute atomic E-state index is 0.853. The van der Waals surface area contributed by atoms with E-state index in [2.05, 4.69) is 41.4 Å². The molecule has 1 aromatic carbocycles. The molecular weight excluding hydrogens is 232 g/mol. The minimum atomic E-state index is 0.853. The van der Waals surface area contributed by atoms with E-state index >= 15 is 0 Å². The van der Waals surface area contributed by atoms with Crippen molar-refractivity contribution in [2.75, 3.05) is 26.2 Å². The average Bonchev–Trinajstić information content (AvgIpc) is 3.19. The number of rotatable bonds is 6. The second-order valence-corrected chi connectivity index (χ2v) is 6.20. The van der Waals surface area contributed by atoms with Crippen molar-refractivity contribution in [1.82, 2.24) is 10.2 Å². The van der Waals surface area contributed by atoms with Gasteiger partial charge in [0.1, 0.15) is 0 Å². The zero-order valence-electron chi connectivity index (χ0n) is 12.1. The molecule has 104 valence electrons. The fourth-order valence-corrected chi connectivity index (χ4v) is 3.16. The Morgan fingerprint density at radius 1 is 1.26 bits per heavy atom. The fourth-order valence-electron chi connectivity index (χ4n) is 3.16. The second kappa shape index (κ2) is 6.06. The average molecular weight is 258 g/mol. The van der Waals surface area contributed by atoms with Crippen LogP contribution in [0.3, 0.4) is 0 Å². The smallest absolute Gasteiger partial charge is 0.0205 e. The Morgan fingerprint density at radius 2 is 2.16 bits per heavy atom. The number of nitrogens with one attached hydrogen (secondary N) is 1. The van der Waals surface area contributed by atoms with Crippen LogP contribution < -0.4 is 5.32 Å². The predicted molar refractivity (Wildman–Crippen MR) is 80.3 cm³/mol. The van der Waals surface area contributed by atoms with Gasteiger partial charge in [-0.2, -0.15) is 0 Å². The third-order valence-electron chi connectivity index (χ3n) is 4.58. The summed E-state index contributed by atoms with van der Waals surface area (Å²) < 4.78 is 0. The quantitative estimate of drug-likeness (QED) is 0.844. The molecule has 0 aromatic heterocycles.